The average Bonchev–Trinajstić information content (AvgIpc) is 3.22. The molecule has 1 N–H and O–H groups in total. The molecular formula is C26H24KN3O3. The monoisotopic (exact) mass is 465 g/mol. The SMILES string of the molecule is O=C([O-])C[C@H]1CC[C@H](c2ccc(-c3ccc(Nc4nc5ccccc5o4)cn3)cc2)CC1.[K+]. The van der Waals surface area contributed by atoms with Crippen LogP contribution in [0.15, 0.2) is 71.3 Å². The number of para-hydroxylation sites is 2. The van der Waals surface area contributed by atoms with E-state index < -0.39 is 5.97 Å². The summed E-state index contributed by atoms with van der Waals surface area (Å²) in [7, 11) is 0. The fourth-order valence-electron chi connectivity index (χ4n) is 4.55. The maximum atomic E-state index is 10.8. The maximum absolute atomic E-state index is 10.8. The molecule has 5 rings (SSSR count). The second-order valence-corrected chi connectivity index (χ2v) is 8.46. The van der Waals surface area contributed by atoms with Gasteiger partial charge in [-0.15, -0.1) is 0 Å². The number of carboxylic acids is 1. The number of anilines is 2. The van der Waals surface area contributed by atoms with Crippen molar-refractivity contribution in [3.05, 3.63) is 72.4 Å². The molecule has 6 nitrogen and oxygen atoms in total. The van der Waals surface area contributed by atoms with Crippen LogP contribution in [0, 0.1) is 5.92 Å². The number of fused-ring (bicyclic) bond motifs is 1. The standard InChI is InChI=1S/C26H25N3O3.K/c30-25(31)15-17-5-7-18(8-6-17)19-9-11-20(12-10-19)22-14-13-21(16-27-22)28-26-29-23-3-1-2-4-24(23)32-26;/h1-4,9-14,16-18H,5-8,15H2,(H,28,29)(H,30,31);/q;+1/p-1/t17-,18-;. The third-order valence-corrected chi connectivity index (χ3v) is 6.29. The van der Waals surface area contributed by atoms with Crippen LogP contribution >= 0.6 is 0 Å². The first-order valence-electron chi connectivity index (χ1n) is 11.0. The number of hydrogen-bond acceptors (Lipinski definition) is 6. The number of carboxylic acid groups (broad SMARTS) is 1. The average molecular weight is 466 g/mol. The summed E-state index contributed by atoms with van der Waals surface area (Å²) in [5.41, 5.74) is 5.64. The summed E-state index contributed by atoms with van der Waals surface area (Å²) in [4.78, 5) is 19.8. The minimum Gasteiger partial charge on any atom is -0.550 e. The molecule has 7 heteroatoms. The molecule has 0 amide bonds. The van der Waals surface area contributed by atoms with Crippen LogP contribution in [0.5, 0.6) is 0 Å². The molecule has 0 aliphatic heterocycles. The molecule has 0 unspecified atom stereocenters. The Balaban J connectivity index is 0.00000259. The van der Waals surface area contributed by atoms with Gasteiger partial charge >= 0.3 is 51.4 Å². The number of nitrogens with one attached hydrogen (secondary N) is 1. The quantitative estimate of drug-likeness (QED) is 0.438. The Kier molecular flexibility index (Phi) is 7.98. The zero-order chi connectivity index (χ0) is 21.9. The zero-order valence-electron chi connectivity index (χ0n) is 18.7. The van der Waals surface area contributed by atoms with Gasteiger partial charge in [0.2, 0.25) is 0 Å². The first-order valence-corrected chi connectivity index (χ1v) is 11.0. The largest absolute Gasteiger partial charge is 1.00 e. The van der Waals surface area contributed by atoms with Gasteiger partial charge in [0.1, 0.15) is 5.52 Å². The van der Waals surface area contributed by atoms with Gasteiger partial charge in [0.15, 0.2) is 5.58 Å². The number of hydrogen-bond donors (Lipinski definition) is 1. The summed E-state index contributed by atoms with van der Waals surface area (Å²) >= 11 is 0. The van der Waals surface area contributed by atoms with Crippen LogP contribution in [-0.2, 0) is 4.79 Å². The minimum absolute atomic E-state index is 0. The molecule has 0 saturated heterocycles. The van der Waals surface area contributed by atoms with Crippen molar-refractivity contribution in [1.82, 2.24) is 9.97 Å². The van der Waals surface area contributed by atoms with Crippen LogP contribution in [0.2, 0.25) is 0 Å². The smallest absolute Gasteiger partial charge is 0.550 e. The Labute approximate surface area is 235 Å². The van der Waals surface area contributed by atoms with Gasteiger partial charge in [-0.2, -0.15) is 4.98 Å². The Hall–Kier alpha value is -2.03. The summed E-state index contributed by atoms with van der Waals surface area (Å²) in [6.07, 6.45) is 5.94. The van der Waals surface area contributed by atoms with Crippen LogP contribution in [0.3, 0.4) is 0 Å². The number of carbonyl (C=O) groups is 1. The molecule has 0 atom stereocenters. The van der Waals surface area contributed by atoms with E-state index >= 15 is 0 Å². The van der Waals surface area contributed by atoms with E-state index in [0.717, 1.165) is 53.7 Å². The van der Waals surface area contributed by atoms with E-state index in [9.17, 15) is 9.90 Å². The molecule has 0 radical (unpaired) electrons. The number of rotatable bonds is 6. The van der Waals surface area contributed by atoms with Crippen molar-refractivity contribution < 1.29 is 65.7 Å². The number of pyridine rings is 1. The third kappa shape index (κ3) is 5.91. The molecule has 2 aromatic carbocycles. The molecule has 0 bridgehead atoms. The molecule has 1 aliphatic rings. The number of aromatic nitrogens is 2. The van der Waals surface area contributed by atoms with E-state index in [2.05, 4.69) is 39.6 Å². The van der Waals surface area contributed by atoms with Crippen LogP contribution in [0.4, 0.5) is 11.7 Å². The number of oxazole rings is 1. The Morgan fingerprint density at radius 3 is 2.42 bits per heavy atom. The molecule has 162 valence electrons. The predicted octanol–water partition coefficient (Wildman–Crippen LogP) is 2.05. The molecule has 2 aromatic heterocycles. The van der Waals surface area contributed by atoms with Crippen LogP contribution < -0.4 is 61.8 Å². The van der Waals surface area contributed by atoms with E-state index in [1.54, 1.807) is 6.20 Å². The summed E-state index contributed by atoms with van der Waals surface area (Å²) in [6, 6.07) is 20.6. The second kappa shape index (κ2) is 10.9. The van der Waals surface area contributed by atoms with Crippen molar-refractivity contribution in [1.29, 1.82) is 0 Å². The summed E-state index contributed by atoms with van der Waals surface area (Å²) < 4.78 is 5.70. The number of aliphatic carboxylic acids is 1. The Morgan fingerprint density at radius 1 is 1.00 bits per heavy atom. The normalized spacial score (nSPS) is 17.9. The van der Waals surface area contributed by atoms with Gasteiger partial charge in [0, 0.05) is 11.5 Å². The van der Waals surface area contributed by atoms with Gasteiger partial charge in [-0.3, -0.25) is 4.98 Å². The third-order valence-electron chi connectivity index (χ3n) is 6.29. The van der Waals surface area contributed by atoms with Crippen molar-refractivity contribution in [3.8, 4) is 11.3 Å². The molecular weight excluding hydrogens is 441 g/mol. The van der Waals surface area contributed by atoms with E-state index in [-0.39, 0.29) is 63.7 Å². The number of nitrogens with zero attached hydrogens (tertiary/aromatic N) is 2. The van der Waals surface area contributed by atoms with Gasteiger partial charge in [0.25, 0.3) is 6.01 Å². The maximum Gasteiger partial charge on any atom is 1.00 e. The van der Waals surface area contributed by atoms with Crippen LogP contribution in [-0.4, -0.2) is 15.9 Å². The van der Waals surface area contributed by atoms with E-state index in [1.165, 1.54) is 5.56 Å². The Bertz CT molecular complexity index is 1180. The summed E-state index contributed by atoms with van der Waals surface area (Å²) in [5, 5.41) is 14.0. The van der Waals surface area contributed by atoms with E-state index in [1.807, 2.05) is 36.4 Å². The number of benzene rings is 2. The first kappa shape index (κ1) is 24.1. The van der Waals surface area contributed by atoms with Crippen LogP contribution in [0.1, 0.15) is 43.6 Å². The summed E-state index contributed by atoms with van der Waals surface area (Å²) in [6.45, 7) is 0. The van der Waals surface area contributed by atoms with Gasteiger partial charge in [-0.05, 0) is 73.8 Å². The fraction of sp³-hybridized carbons (Fsp3) is 0.269. The van der Waals surface area contributed by atoms with E-state index in [0.29, 0.717) is 11.9 Å². The molecule has 1 saturated carbocycles. The first-order chi connectivity index (χ1) is 15.6. The molecule has 0 spiro atoms. The zero-order valence-corrected chi connectivity index (χ0v) is 21.8. The van der Waals surface area contributed by atoms with Gasteiger partial charge < -0.3 is 19.6 Å². The van der Waals surface area contributed by atoms with Crippen molar-refractivity contribution in [3.63, 3.8) is 0 Å². The molecule has 1 aliphatic carbocycles. The topological polar surface area (TPSA) is 91.1 Å². The van der Waals surface area contributed by atoms with Crippen molar-refractivity contribution in [2.24, 2.45) is 5.92 Å². The minimum atomic E-state index is -0.930. The van der Waals surface area contributed by atoms with Gasteiger partial charge in [-0.1, -0.05) is 36.4 Å². The fourth-order valence-corrected chi connectivity index (χ4v) is 4.55. The molecule has 2 heterocycles. The second-order valence-electron chi connectivity index (χ2n) is 8.46. The van der Waals surface area contributed by atoms with Gasteiger partial charge in [-0.25, -0.2) is 0 Å². The summed E-state index contributed by atoms with van der Waals surface area (Å²) in [5.74, 6) is -0.167. The number of carbonyl (C=O) groups excluding carboxylic acids is 1. The van der Waals surface area contributed by atoms with Crippen molar-refractivity contribution in [2.45, 2.75) is 38.0 Å². The molecule has 33 heavy (non-hydrogen) atoms. The van der Waals surface area contributed by atoms with Crippen molar-refractivity contribution in [2.75, 3.05) is 5.32 Å². The Morgan fingerprint density at radius 2 is 1.76 bits per heavy atom. The molecule has 1 fully saturated rings. The molecule has 4 aromatic rings. The van der Waals surface area contributed by atoms with Crippen LogP contribution in [0.25, 0.3) is 22.4 Å². The predicted molar refractivity (Wildman–Crippen MR) is 121 cm³/mol. The van der Waals surface area contributed by atoms with Crippen molar-refractivity contribution >= 4 is 28.8 Å². The van der Waals surface area contributed by atoms with Gasteiger partial charge in [0.05, 0.1) is 17.6 Å². The van der Waals surface area contributed by atoms with E-state index in [4.69, 9.17) is 4.42 Å².